The fourth-order valence-electron chi connectivity index (χ4n) is 0.657. The van der Waals surface area contributed by atoms with Gasteiger partial charge in [0.15, 0.2) is 0 Å². The van der Waals surface area contributed by atoms with Gasteiger partial charge in [-0.15, -0.1) is 0 Å². The maximum Gasteiger partial charge on any atom is 0.0469 e. The van der Waals surface area contributed by atoms with Gasteiger partial charge in [0.2, 0.25) is 0 Å². The Morgan fingerprint density at radius 1 is 1.60 bits per heavy atom. The third kappa shape index (κ3) is 5.63. The van der Waals surface area contributed by atoms with E-state index in [-0.39, 0.29) is 0 Å². The topological polar surface area (TPSA) is 21.3 Å². The van der Waals surface area contributed by atoms with Crippen LogP contribution in [0.25, 0.3) is 0 Å². The SMILES string of the molecule is C=C(CCCOCC)NC. The second-order valence-corrected chi connectivity index (χ2v) is 2.15. The number of hydrogen-bond acceptors (Lipinski definition) is 2. The van der Waals surface area contributed by atoms with Gasteiger partial charge in [0.05, 0.1) is 0 Å². The summed E-state index contributed by atoms with van der Waals surface area (Å²) in [5.74, 6) is 0. The zero-order chi connectivity index (χ0) is 7.82. The lowest BCUT2D eigenvalue weighted by molar-refractivity contribution is 0.145. The highest BCUT2D eigenvalue weighted by Gasteiger charge is 1.89. The molecule has 0 aromatic carbocycles. The van der Waals surface area contributed by atoms with Crippen LogP contribution in [0.2, 0.25) is 0 Å². The first-order chi connectivity index (χ1) is 4.81. The highest BCUT2D eigenvalue weighted by molar-refractivity contribution is 4.88. The zero-order valence-electron chi connectivity index (χ0n) is 6.94. The first-order valence-corrected chi connectivity index (χ1v) is 3.74. The van der Waals surface area contributed by atoms with E-state index in [1.807, 2.05) is 14.0 Å². The summed E-state index contributed by atoms with van der Waals surface area (Å²) in [6, 6.07) is 0. The Morgan fingerprint density at radius 3 is 2.80 bits per heavy atom. The van der Waals surface area contributed by atoms with Crippen LogP contribution in [0, 0.1) is 0 Å². The summed E-state index contributed by atoms with van der Waals surface area (Å²) in [5.41, 5.74) is 1.08. The van der Waals surface area contributed by atoms with E-state index in [0.29, 0.717) is 0 Å². The van der Waals surface area contributed by atoms with E-state index in [1.165, 1.54) is 0 Å². The van der Waals surface area contributed by atoms with Crippen molar-refractivity contribution < 1.29 is 4.74 Å². The highest BCUT2D eigenvalue weighted by atomic mass is 16.5. The average molecular weight is 143 g/mol. The van der Waals surface area contributed by atoms with Crippen molar-refractivity contribution in [3.8, 4) is 0 Å². The molecule has 1 N–H and O–H groups in total. The Morgan fingerprint density at radius 2 is 2.30 bits per heavy atom. The van der Waals surface area contributed by atoms with Crippen molar-refractivity contribution in [2.45, 2.75) is 19.8 Å². The number of ether oxygens (including phenoxy) is 1. The minimum absolute atomic E-state index is 0.812. The monoisotopic (exact) mass is 143 g/mol. The molecule has 0 saturated heterocycles. The predicted octanol–water partition coefficient (Wildman–Crippen LogP) is 1.54. The molecule has 0 bridgehead atoms. The van der Waals surface area contributed by atoms with Gasteiger partial charge in [0, 0.05) is 26.0 Å². The lowest BCUT2D eigenvalue weighted by Gasteiger charge is -2.03. The van der Waals surface area contributed by atoms with Crippen molar-refractivity contribution >= 4 is 0 Å². The Kier molecular flexibility index (Phi) is 6.29. The summed E-state index contributed by atoms with van der Waals surface area (Å²) in [4.78, 5) is 0. The molecule has 0 heterocycles. The van der Waals surface area contributed by atoms with E-state index < -0.39 is 0 Å². The lowest BCUT2D eigenvalue weighted by Crippen LogP contribution is -2.05. The van der Waals surface area contributed by atoms with Crippen molar-refractivity contribution in [2.75, 3.05) is 20.3 Å². The van der Waals surface area contributed by atoms with E-state index in [4.69, 9.17) is 4.74 Å². The van der Waals surface area contributed by atoms with Crippen molar-refractivity contribution in [3.05, 3.63) is 12.3 Å². The van der Waals surface area contributed by atoms with Crippen molar-refractivity contribution in [3.63, 3.8) is 0 Å². The Labute approximate surface area is 63.3 Å². The Hall–Kier alpha value is -0.500. The molecular weight excluding hydrogens is 126 g/mol. The third-order valence-electron chi connectivity index (χ3n) is 1.32. The maximum atomic E-state index is 5.16. The molecular formula is C8H17NO. The molecule has 2 heteroatoms. The van der Waals surface area contributed by atoms with Crippen LogP contribution in [-0.2, 0) is 4.74 Å². The van der Waals surface area contributed by atoms with Crippen molar-refractivity contribution in [1.29, 1.82) is 0 Å². The minimum atomic E-state index is 0.812. The van der Waals surface area contributed by atoms with Crippen LogP contribution in [0.15, 0.2) is 12.3 Å². The molecule has 0 rings (SSSR count). The number of allylic oxidation sites excluding steroid dienone is 1. The first kappa shape index (κ1) is 9.50. The third-order valence-corrected chi connectivity index (χ3v) is 1.32. The van der Waals surface area contributed by atoms with E-state index in [2.05, 4.69) is 11.9 Å². The molecule has 0 aromatic rings. The molecule has 10 heavy (non-hydrogen) atoms. The molecule has 0 saturated carbocycles. The predicted molar refractivity (Wildman–Crippen MR) is 43.9 cm³/mol. The van der Waals surface area contributed by atoms with E-state index >= 15 is 0 Å². The highest BCUT2D eigenvalue weighted by Crippen LogP contribution is 1.96. The van der Waals surface area contributed by atoms with Gasteiger partial charge >= 0.3 is 0 Å². The summed E-state index contributed by atoms with van der Waals surface area (Å²) in [6.45, 7) is 7.47. The van der Waals surface area contributed by atoms with Crippen molar-refractivity contribution in [1.82, 2.24) is 5.32 Å². The van der Waals surface area contributed by atoms with E-state index in [1.54, 1.807) is 0 Å². The fraction of sp³-hybridized carbons (Fsp3) is 0.750. The van der Waals surface area contributed by atoms with Gasteiger partial charge in [0.1, 0.15) is 0 Å². The zero-order valence-corrected chi connectivity index (χ0v) is 6.94. The fourth-order valence-corrected chi connectivity index (χ4v) is 0.657. The summed E-state index contributed by atoms with van der Waals surface area (Å²) >= 11 is 0. The molecule has 0 aliphatic rings. The van der Waals surface area contributed by atoms with Gasteiger partial charge in [-0.25, -0.2) is 0 Å². The van der Waals surface area contributed by atoms with E-state index in [0.717, 1.165) is 31.8 Å². The maximum absolute atomic E-state index is 5.16. The molecule has 0 aromatic heterocycles. The van der Waals surface area contributed by atoms with Gasteiger partial charge in [-0.3, -0.25) is 0 Å². The van der Waals surface area contributed by atoms with Crippen LogP contribution < -0.4 is 5.32 Å². The molecule has 0 aliphatic carbocycles. The average Bonchev–Trinajstić information content (AvgIpc) is 1.98. The summed E-state index contributed by atoms with van der Waals surface area (Å²) in [7, 11) is 1.89. The lowest BCUT2D eigenvalue weighted by atomic mass is 10.3. The molecule has 60 valence electrons. The molecule has 0 spiro atoms. The minimum Gasteiger partial charge on any atom is -0.392 e. The van der Waals surface area contributed by atoms with Crippen LogP contribution >= 0.6 is 0 Å². The largest absolute Gasteiger partial charge is 0.392 e. The second kappa shape index (κ2) is 6.62. The number of hydrogen-bond donors (Lipinski definition) is 1. The van der Waals surface area contributed by atoms with Gasteiger partial charge in [0.25, 0.3) is 0 Å². The van der Waals surface area contributed by atoms with Crippen LogP contribution in [-0.4, -0.2) is 20.3 Å². The number of nitrogens with one attached hydrogen (secondary N) is 1. The van der Waals surface area contributed by atoms with Crippen LogP contribution in [0.4, 0.5) is 0 Å². The molecule has 2 nitrogen and oxygen atoms in total. The van der Waals surface area contributed by atoms with Gasteiger partial charge in [-0.05, 0) is 19.8 Å². The number of rotatable bonds is 6. The smallest absolute Gasteiger partial charge is 0.0469 e. The standard InChI is InChI=1S/C8H17NO/c1-4-10-7-5-6-8(2)9-3/h9H,2,4-7H2,1,3H3. The van der Waals surface area contributed by atoms with Crippen molar-refractivity contribution in [2.24, 2.45) is 0 Å². The summed E-state index contributed by atoms with van der Waals surface area (Å²) < 4.78 is 5.16. The molecule has 0 amide bonds. The van der Waals surface area contributed by atoms with E-state index in [9.17, 15) is 0 Å². The molecule has 0 unspecified atom stereocenters. The Bertz CT molecular complexity index is 91.3. The Balaban J connectivity index is 2.96. The van der Waals surface area contributed by atoms with Gasteiger partial charge in [-0.1, -0.05) is 6.58 Å². The molecule has 0 radical (unpaired) electrons. The molecule has 0 atom stereocenters. The second-order valence-electron chi connectivity index (χ2n) is 2.15. The molecule has 0 aliphatic heterocycles. The van der Waals surface area contributed by atoms with Gasteiger partial charge < -0.3 is 10.1 Å². The first-order valence-electron chi connectivity index (χ1n) is 3.74. The normalized spacial score (nSPS) is 9.40. The summed E-state index contributed by atoms with van der Waals surface area (Å²) in [5, 5.41) is 2.99. The van der Waals surface area contributed by atoms with Crippen LogP contribution in [0.5, 0.6) is 0 Å². The van der Waals surface area contributed by atoms with Crippen LogP contribution in [0.1, 0.15) is 19.8 Å². The quantitative estimate of drug-likeness (QED) is 0.569. The molecule has 0 fully saturated rings. The van der Waals surface area contributed by atoms with Gasteiger partial charge in [-0.2, -0.15) is 0 Å². The summed E-state index contributed by atoms with van der Waals surface area (Å²) in [6.07, 6.45) is 2.07. The van der Waals surface area contributed by atoms with Crippen LogP contribution in [0.3, 0.4) is 0 Å².